The second kappa shape index (κ2) is 7.22. The molecule has 2 aromatic rings. The fraction of sp³-hybridized carbons (Fsp3) is 0.133. The predicted octanol–water partition coefficient (Wildman–Crippen LogP) is 3.24. The number of nitrogens with zero attached hydrogens (tertiary/aromatic N) is 1. The highest BCUT2D eigenvalue weighted by atomic mass is 31.2. The average molecular weight is 320 g/mol. The van der Waals surface area contributed by atoms with Gasteiger partial charge in [-0.3, -0.25) is 19.3 Å². The standard InChI is InChI=1S/C15H17N2O4P/c1-20-22(19,21-2)17(14-11-7-4-8-12-14)16-15(18)13-9-5-3-6-10-13/h3-12H,1-2H3,(H,16,18). The van der Waals surface area contributed by atoms with Crippen LogP contribution in [0.15, 0.2) is 60.7 Å². The van der Waals surface area contributed by atoms with Crippen molar-refractivity contribution in [3.05, 3.63) is 66.2 Å². The molecule has 0 atom stereocenters. The van der Waals surface area contributed by atoms with Gasteiger partial charge in [0.15, 0.2) is 0 Å². The van der Waals surface area contributed by atoms with Crippen molar-refractivity contribution in [2.45, 2.75) is 0 Å². The van der Waals surface area contributed by atoms with Crippen LogP contribution in [0.1, 0.15) is 10.4 Å². The topological polar surface area (TPSA) is 67.9 Å². The highest BCUT2D eigenvalue weighted by molar-refractivity contribution is 7.55. The van der Waals surface area contributed by atoms with Gasteiger partial charge in [-0.1, -0.05) is 36.4 Å². The highest BCUT2D eigenvalue weighted by Gasteiger charge is 2.33. The molecule has 0 aliphatic carbocycles. The van der Waals surface area contributed by atoms with E-state index >= 15 is 0 Å². The smallest absolute Gasteiger partial charge is 0.294 e. The Kier molecular flexibility index (Phi) is 5.33. The van der Waals surface area contributed by atoms with Crippen molar-refractivity contribution in [2.24, 2.45) is 0 Å². The summed E-state index contributed by atoms with van der Waals surface area (Å²) >= 11 is 0. The van der Waals surface area contributed by atoms with Crippen molar-refractivity contribution in [3.8, 4) is 0 Å². The van der Waals surface area contributed by atoms with Gasteiger partial charge in [0.2, 0.25) is 0 Å². The van der Waals surface area contributed by atoms with Crippen LogP contribution in [0.25, 0.3) is 0 Å². The number of hydrogen-bond acceptors (Lipinski definition) is 4. The Bertz CT molecular complexity index is 656. The molecule has 2 aromatic carbocycles. The minimum absolute atomic E-state index is 0.418. The summed E-state index contributed by atoms with van der Waals surface area (Å²) in [5, 5.41) is 0. The normalized spacial score (nSPS) is 11.0. The van der Waals surface area contributed by atoms with Crippen LogP contribution in [0.3, 0.4) is 0 Å². The van der Waals surface area contributed by atoms with E-state index in [4.69, 9.17) is 9.05 Å². The molecule has 22 heavy (non-hydrogen) atoms. The number of carbonyl (C=O) groups is 1. The van der Waals surface area contributed by atoms with Crippen molar-refractivity contribution in [1.29, 1.82) is 0 Å². The number of para-hydroxylation sites is 1. The van der Waals surface area contributed by atoms with Crippen molar-refractivity contribution < 1.29 is 18.4 Å². The van der Waals surface area contributed by atoms with Crippen LogP contribution < -0.4 is 10.2 Å². The summed E-state index contributed by atoms with van der Waals surface area (Å²) in [6, 6.07) is 17.3. The van der Waals surface area contributed by atoms with Crippen LogP contribution in [0.2, 0.25) is 0 Å². The lowest BCUT2D eigenvalue weighted by atomic mass is 10.2. The SMILES string of the molecule is COP(=O)(OC)N(NC(=O)c1ccccc1)c1ccccc1. The first-order valence-electron chi connectivity index (χ1n) is 6.54. The molecule has 7 heteroatoms. The molecule has 0 aliphatic heterocycles. The quantitative estimate of drug-likeness (QED) is 0.654. The number of hydrogen-bond donors (Lipinski definition) is 1. The molecule has 1 amide bonds. The van der Waals surface area contributed by atoms with Crippen LogP contribution in [-0.4, -0.2) is 20.1 Å². The first-order valence-corrected chi connectivity index (χ1v) is 8.03. The Morgan fingerprint density at radius 1 is 0.955 bits per heavy atom. The molecule has 0 heterocycles. The van der Waals surface area contributed by atoms with Gasteiger partial charge in [0, 0.05) is 19.8 Å². The maximum atomic E-state index is 12.7. The zero-order chi connectivity index (χ0) is 16.0. The Morgan fingerprint density at radius 2 is 1.45 bits per heavy atom. The number of amides is 1. The molecular weight excluding hydrogens is 303 g/mol. The lowest BCUT2D eigenvalue weighted by Crippen LogP contribution is -2.40. The molecule has 0 fully saturated rings. The minimum Gasteiger partial charge on any atom is -0.294 e. The molecule has 0 saturated heterocycles. The third kappa shape index (κ3) is 3.54. The van der Waals surface area contributed by atoms with E-state index in [0.29, 0.717) is 11.3 Å². The summed E-state index contributed by atoms with van der Waals surface area (Å²) in [4.78, 5) is 12.3. The third-order valence-electron chi connectivity index (χ3n) is 2.95. The molecule has 2 rings (SSSR count). The Morgan fingerprint density at radius 3 is 1.95 bits per heavy atom. The number of hydrazine groups is 1. The maximum absolute atomic E-state index is 12.7. The van der Waals surface area contributed by atoms with Crippen LogP contribution >= 0.6 is 7.75 Å². The van der Waals surface area contributed by atoms with Gasteiger partial charge >= 0.3 is 7.75 Å². The monoisotopic (exact) mass is 320 g/mol. The van der Waals surface area contributed by atoms with Crippen LogP contribution in [0, 0.1) is 0 Å². The maximum Gasteiger partial charge on any atom is 0.453 e. The van der Waals surface area contributed by atoms with Crippen molar-refractivity contribution in [2.75, 3.05) is 19.0 Å². The average Bonchev–Trinajstić information content (AvgIpc) is 2.60. The van der Waals surface area contributed by atoms with Gasteiger partial charge in [-0.15, -0.1) is 0 Å². The van der Waals surface area contributed by atoms with E-state index in [-0.39, 0.29) is 0 Å². The summed E-state index contributed by atoms with van der Waals surface area (Å²) < 4.78 is 23.8. The lowest BCUT2D eigenvalue weighted by Gasteiger charge is -2.29. The summed E-state index contributed by atoms with van der Waals surface area (Å²) in [5.41, 5.74) is 3.49. The fourth-order valence-electron chi connectivity index (χ4n) is 1.82. The van der Waals surface area contributed by atoms with Gasteiger partial charge < -0.3 is 0 Å². The summed E-state index contributed by atoms with van der Waals surface area (Å²) in [6.07, 6.45) is 0. The van der Waals surface area contributed by atoms with Crippen molar-refractivity contribution >= 4 is 19.3 Å². The van der Waals surface area contributed by atoms with Gasteiger partial charge in [-0.05, 0) is 24.3 Å². The highest BCUT2D eigenvalue weighted by Crippen LogP contribution is 2.51. The van der Waals surface area contributed by atoms with E-state index in [0.717, 1.165) is 4.78 Å². The van der Waals surface area contributed by atoms with Crippen molar-refractivity contribution in [1.82, 2.24) is 5.43 Å². The number of carbonyl (C=O) groups excluding carboxylic acids is 1. The zero-order valence-electron chi connectivity index (χ0n) is 12.3. The van der Waals surface area contributed by atoms with E-state index in [2.05, 4.69) is 5.43 Å². The predicted molar refractivity (Wildman–Crippen MR) is 84.5 cm³/mol. The third-order valence-corrected chi connectivity index (χ3v) is 4.69. The van der Waals surface area contributed by atoms with Crippen LogP contribution in [0.4, 0.5) is 5.69 Å². The lowest BCUT2D eigenvalue weighted by molar-refractivity contribution is 0.0950. The number of nitrogens with one attached hydrogen (secondary N) is 1. The Labute approximate surface area is 129 Å². The first kappa shape index (κ1) is 16.2. The Hall–Kier alpha value is -2.14. The molecule has 0 spiro atoms. The number of benzene rings is 2. The van der Waals surface area contributed by atoms with E-state index in [1.165, 1.54) is 14.2 Å². The molecule has 1 N–H and O–H groups in total. The number of anilines is 1. The van der Waals surface area contributed by atoms with Crippen LogP contribution in [0.5, 0.6) is 0 Å². The molecule has 0 bridgehead atoms. The summed E-state index contributed by atoms with van der Waals surface area (Å²) in [6.45, 7) is 0. The van der Waals surface area contributed by atoms with E-state index in [1.54, 1.807) is 54.6 Å². The second-order valence-corrected chi connectivity index (χ2v) is 6.36. The molecule has 0 radical (unpaired) electrons. The molecule has 0 saturated carbocycles. The van der Waals surface area contributed by atoms with E-state index < -0.39 is 13.7 Å². The van der Waals surface area contributed by atoms with E-state index in [1.807, 2.05) is 6.07 Å². The van der Waals surface area contributed by atoms with E-state index in [9.17, 15) is 9.36 Å². The molecule has 6 nitrogen and oxygen atoms in total. The first-order chi connectivity index (χ1) is 10.6. The molecule has 0 aromatic heterocycles. The fourth-order valence-corrected chi connectivity index (χ4v) is 2.93. The summed E-state index contributed by atoms with van der Waals surface area (Å²) in [5.74, 6) is -0.418. The number of rotatable bonds is 6. The second-order valence-electron chi connectivity index (χ2n) is 4.29. The zero-order valence-corrected chi connectivity index (χ0v) is 13.2. The van der Waals surface area contributed by atoms with Gasteiger partial charge in [0.05, 0.1) is 5.69 Å². The van der Waals surface area contributed by atoms with Gasteiger partial charge in [0.1, 0.15) is 0 Å². The largest absolute Gasteiger partial charge is 0.453 e. The molecule has 0 aliphatic rings. The van der Waals surface area contributed by atoms with Crippen LogP contribution in [-0.2, 0) is 13.6 Å². The molecular formula is C15H17N2O4P. The molecule has 0 unspecified atom stereocenters. The minimum atomic E-state index is -3.69. The van der Waals surface area contributed by atoms with Gasteiger partial charge in [-0.2, -0.15) is 4.78 Å². The molecule has 116 valence electrons. The van der Waals surface area contributed by atoms with Gasteiger partial charge in [0.25, 0.3) is 5.91 Å². The van der Waals surface area contributed by atoms with Gasteiger partial charge in [-0.25, -0.2) is 4.57 Å². The Balaban J connectivity index is 2.34. The summed E-state index contributed by atoms with van der Waals surface area (Å²) in [7, 11) is -1.17. The van der Waals surface area contributed by atoms with Crippen molar-refractivity contribution in [3.63, 3.8) is 0 Å².